The SMILES string of the molecule is C[C@H](c1cccc(Cl)c1)N(C(=O)c1ccccc1)[C@@H](C(N)=O)c1cccc(Cl)c1. The molecule has 2 amide bonds. The third-order valence-corrected chi connectivity index (χ3v) is 5.19. The number of benzene rings is 3. The number of amides is 2. The summed E-state index contributed by atoms with van der Waals surface area (Å²) < 4.78 is 0. The van der Waals surface area contributed by atoms with E-state index in [0.717, 1.165) is 5.56 Å². The van der Waals surface area contributed by atoms with E-state index in [-0.39, 0.29) is 5.91 Å². The Hall–Kier alpha value is -2.82. The molecule has 0 fully saturated rings. The number of nitrogens with zero attached hydrogens (tertiary/aromatic N) is 1. The van der Waals surface area contributed by atoms with E-state index in [2.05, 4.69) is 0 Å². The first-order valence-corrected chi connectivity index (χ1v) is 9.82. The number of rotatable bonds is 6. The molecule has 0 unspecified atom stereocenters. The molecule has 3 rings (SSSR count). The van der Waals surface area contributed by atoms with Gasteiger partial charge >= 0.3 is 0 Å². The Morgan fingerprint density at radius 1 is 0.828 bits per heavy atom. The smallest absolute Gasteiger partial charge is 0.255 e. The molecule has 0 aliphatic rings. The van der Waals surface area contributed by atoms with Crippen molar-refractivity contribution in [2.24, 2.45) is 5.73 Å². The Morgan fingerprint density at radius 3 is 1.93 bits per heavy atom. The highest BCUT2D eigenvalue weighted by atomic mass is 35.5. The lowest BCUT2D eigenvalue weighted by atomic mass is 9.98. The molecule has 3 aromatic carbocycles. The highest BCUT2D eigenvalue weighted by Crippen LogP contribution is 2.34. The zero-order chi connectivity index (χ0) is 21.0. The predicted octanol–water partition coefficient (Wildman–Crippen LogP) is 5.42. The molecular weight excluding hydrogens is 407 g/mol. The van der Waals surface area contributed by atoms with Crippen molar-refractivity contribution in [1.29, 1.82) is 0 Å². The second-order valence-corrected chi connectivity index (χ2v) is 7.54. The molecule has 0 aromatic heterocycles. The summed E-state index contributed by atoms with van der Waals surface area (Å²) in [4.78, 5) is 27.5. The van der Waals surface area contributed by atoms with Crippen LogP contribution in [0.25, 0.3) is 0 Å². The topological polar surface area (TPSA) is 63.4 Å². The number of halogens is 2. The largest absolute Gasteiger partial charge is 0.368 e. The van der Waals surface area contributed by atoms with Gasteiger partial charge in [-0.1, -0.05) is 65.7 Å². The molecule has 6 heteroatoms. The number of hydrogen-bond acceptors (Lipinski definition) is 2. The Kier molecular flexibility index (Phi) is 6.57. The molecule has 0 bridgehead atoms. The molecule has 0 saturated carbocycles. The van der Waals surface area contributed by atoms with Crippen molar-refractivity contribution in [2.75, 3.05) is 0 Å². The maximum absolute atomic E-state index is 13.5. The number of primary amides is 1. The minimum atomic E-state index is -1.00. The van der Waals surface area contributed by atoms with Crippen molar-refractivity contribution in [3.63, 3.8) is 0 Å². The number of carbonyl (C=O) groups is 2. The first-order valence-electron chi connectivity index (χ1n) is 9.06. The Bertz CT molecular complexity index is 1020. The van der Waals surface area contributed by atoms with Crippen LogP contribution in [0.2, 0.25) is 10.0 Å². The van der Waals surface area contributed by atoms with Gasteiger partial charge in [-0.25, -0.2) is 0 Å². The zero-order valence-corrected chi connectivity index (χ0v) is 17.3. The van der Waals surface area contributed by atoms with Crippen molar-refractivity contribution in [2.45, 2.75) is 19.0 Å². The number of carbonyl (C=O) groups excluding carboxylic acids is 2. The molecule has 0 heterocycles. The van der Waals surface area contributed by atoms with Gasteiger partial charge in [0.15, 0.2) is 0 Å². The van der Waals surface area contributed by atoms with Crippen LogP contribution in [0.3, 0.4) is 0 Å². The Balaban J connectivity index is 2.15. The molecule has 29 heavy (non-hydrogen) atoms. The van der Waals surface area contributed by atoms with Gasteiger partial charge in [-0.15, -0.1) is 0 Å². The summed E-state index contributed by atoms with van der Waals surface area (Å²) in [6.07, 6.45) is 0. The van der Waals surface area contributed by atoms with Crippen LogP contribution in [0.1, 0.15) is 40.5 Å². The molecule has 0 radical (unpaired) electrons. The van der Waals surface area contributed by atoms with Gasteiger partial charge in [0.05, 0.1) is 6.04 Å². The van der Waals surface area contributed by atoms with Gasteiger partial charge in [0, 0.05) is 15.6 Å². The lowest BCUT2D eigenvalue weighted by Crippen LogP contribution is -2.43. The first-order chi connectivity index (χ1) is 13.9. The van der Waals surface area contributed by atoms with Crippen LogP contribution in [-0.4, -0.2) is 16.7 Å². The summed E-state index contributed by atoms with van der Waals surface area (Å²) in [6, 6.07) is 21.3. The molecule has 148 valence electrons. The minimum Gasteiger partial charge on any atom is -0.368 e. The van der Waals surface area contributed by atoms with Crippen LogP contribution >= 0.6 is 23.2 Å². The van der Waals surface area contributed by atoms with Gasteiger partial charge < -0.3 is 10.6 Å². The van der Waals surface area contributed by atoms with E-state index in [9.17, 15) is 9.59 Å². The van der Waals surface area contributed by atoms with Crippen LogP contribution in [0.15, 0.2) is 78.9 Å². The maximum atomic E-state index is 13.5. The van der Waals surface area contributed by atoms with Crippen LogP contribution in [0.4, 0.5) is 0 Å². The van der Waals surface area contributed by atoms with Gasteiger partial charge in [-0.3, -0.25) is 9.59 Å². The summed E-state index contributed by atoms with van der Waals surface area (Å²) in [6.45, 7) is 1.84. The molecule has 2 N–H and O–H groups in total. The highest BCUT2D eigenvalue weighted by molar-refractivity contribution is 6.31. The first kappa shape index (κ1) is 20.9. The number of nitrogens with two attached hydrogens (primary N) is 1. The second kappa shape index (κ2) is 9.12. The molecule has 0 aliphatic heterocycles. The third-order valence-electron chi connectivity index (χ3n) is 4.72. The van der Waals surface area contributed by atoms with Crippen LogP contribution in [-0.2, 0) is 4.79 Å². The Morgan fingerprint density at radius 2 is 1.38 bits per heavy atom. The van der Waals surface area contributed by atoms with Gasteiger partial charge in [0.25, 0.3) is 5.91 Å². The van der Waals surface area contributed by atoms with Crippen molar-refractivity contribution < 1.29 is 9.59 Å². The highest BCUT2D eigenvalue weighted by Gasteiger charge is 2.34. The van der Waals surface area contributed by atoms with Gasteiger partial charge in [0.2, 0.25) is 5.91 Å². The van der Waals surface area contributed by atoms with Gasteiger partial charge in [0.1, 0.15) is 6.04 Å². The minimum absolute atomic E-state index is 0.318. The fourth-order valence-corrected chi connectivity index (χ4v) is 3.71. The lowest BCUT2D eigenvalue weighted by molar-refractivity contribution is -0.123. The normalized spacial score (nSPS) is 12.8. The van der Waals surface area contributed by atoms with Crippen molar-refractivity contribution >= 4 is 35.0 Å². The summed E-state index contributed by atoms with van der Waals surface area (Å²) in [7, 11) is 0. The quantitative estimate of drug-likeness (QED) is 0.571. The lowest BCUT2D eigenvalue weighted by Gasteiger charge is -2.35. The molecule has 0 spiro atoms. The van der Waals surface area contributed by atoms with E-state index in [1.54, 1.807) is 66.7 Å². The van der Waals surface area contributed by atoms with Crippen molar-refractivity contribution in [3.8, 4) is 0 Å². The van der Waals surface area contributed by atoms with Crippen LogP contribution in [0.5, 0.6) is 0 Å². The average molecular weight is 427 g/mol. The summed E-state index contributed by atoms with van der Waals surface area (Å²) in [5.41, 5.74) is 7.56. The van der Waals surface area contributed by atoms with Crippen LogP contribution < -0.4 is 5.73 Å². The zero-order valence-electron chi connectivity index (χ0n) is 15.8. The molecule has 0 aliphatic carbocycles. The average Bonchev–Trinajstić information content (AvgIpc) is 2.71. The summed E-state index contributed by atoms with van der Waals surface area (Å²) in [5.74, 6) is -0.965. The molecule has 0 saturated heterocycles. The van der Waals surface area contributed by atoms with E-state index >= 15 is 0 Å². The molecule has 3 aromatic rings. The third kappa shape index (κ3) is 4.78. The second-order valence-electron chi connectivity index (χ2n) is 6.67. The van der Waals surface area contributed by atoms with Crippen LogP contribution in [0, 0.1) is 0 Å². The summed E-state index contributed by atoms with van der Waals surface area (Å²) in [5, 5.41) is 0.996. The number of hydrogen-bond donors (Lipinski definition) is 1. The summed E-state index contributed by atoms with van der Waals surface area (Å²) >= 11 is 12.3. The van der Waals surface area contributed by atoms with Crippen molar-refractivity contribution in [1.82, 2.24) is 4.90 Å². The van der Waals surface area contributed by atoms with Gasteiger partial charge in [-0.05, 0) is 54.4 Å². The van der Waals surface area contributed by atoms with E-state index < -0.39 is 18.0 Å². The van der Waals surface area contributed by atoms with E-state index in [1.807, 2.05) is 19.1 Å². The van der Waals surface area contributed by atoms with E-state index in [4.69, 9.17) is 28.9 Å². The predicted molar refractivity (Wildman–Crippen MR) is 116 cm³/mol. The Labute approximate surface area is 179 Å². The molecule has 4 nitrogen and oxygen atoms in total. The monoisotopic (exact) mass is 426 g/mol. The molecular formula is C23H20Cl2N2O2. The molecule has 2 atom stereocenters. The van der Waals surface area contributed by atoms with Crippen molar-refractivity contribution in [3.05, 3.63) is 106 Å². The fraction of sp³-hybridized carbons (Fsp3) is 0.130. The maximum Gasteiger partial charge on any atom is 0.255 e. The van der Waals surface area contributed by atoms with Gasteiger partial charge in [-0.2, -0.15) is 0 Å². The standard InChI is InChI=1S/C23H20Cl2N2O2/c1-15(17-9-5-11-19(24)13-17)27(23(29)16-7-3-2-4-8-16)21(22(26)28)18-10-6-12-20(25)14-18/h2-15,21H,1H3,(H2,26,28)/t15-,21-/m1/s1. The fourth-order valence-electron chi connectivity index (χ4n) is 3.31. The van der Waals surface area contributed by atoms with E-state index in [0.29, 0.717) is 21.2 Å². The van der Waals surface area contributed by atoms with E-state index in [1.165, 1.54) is 4.90 Å².